The van der Waals surface area contributed by atoms with Gasteiger partial charge in [-0.1, -0.05) is 6.92 Å². The summed E-state index contributed by atoms with van der Waals surface area (Å²) in [6.07, 6.45) is 1.24. The summed E-state index contributed by atoms with van der Waals surface area (Å²) < 4.78 is 11.0. The van der Waals surface area contributed by atoms with E-state index in [4.69, 9.17) is 15.2 Å². The molecular weight excluding hydrogens is 228 g/mol. The maximum atomic E-state index is 5.85. The van der Waals surface area contributed by atoms with Crippen LogP contribution >= 0.6 is 0 Å². The predicted octanol–water partition coefficient (Wildman–Crippen LogP) is 2.89. The molecule has 0 aliphatic carbocycles. The lowest BCUT2D eigenvalue weighted by Crippen LogP contribution is -2.13. The zero-order valence-corrected chi connectivity index (χ0v) is 11.5. The van der Waals surface area contributed by atoms with Crippen molar-refractivity contribution < 1.29 is 9.47 Å². The Kier molecular flexibility index (Phi) is 6.36. The summed E-state index contributed by atoms with van der Waals surface area (Å²) in [6.45, 7) is 8.27. The second-order valence-corrected chi connectivity index (χ2v) is 4.45. The van der Waals surface area contributed by atoms with Crippen molar-refractivity contribution in [2.24, 2.45) is 0 Å². The molecule has 0 unspecified atom stereocenters. The van der Waals surface area contributed by atoms with E-state index >= 15 is 0 Å². The van der Waals surface area contributed by atoms with Crippen molar-refractivity contribution in [1.82, 2.24) is 0 Å². The fraction of sp³-hybridized carbons (Fsp3) is 0.571. The molecule has 3 N–H and O–H groups in total. The first kappa shape index (κ1) is 14.6. The Morgan fingerprint density at radius 2 is 2.06 bits per heavy atom. The van der Waals surface area contributed by atoms with Gasteiger partial charge in [0.1, 0.15) is 5.75 Å². The van der Waals surface area contributed by atoms with E-state index in [-0.39, 0.29) is 6.10 Å². The molecule has 4 nitrogen and oxygen atoms in total. The Balaban J connectivity index is 2.45. The highest BCUT2D eigenvalue weighted by Gasteiger charge is 2.02. The van der Waals surface area contributed by atoms with Crippen molar-refractivity contribution in [1.29, 1.82) is 0 Å². The molecule has 1 rings (SSSR count). The van der Waals surface area contributed by atoms with Gasteiger partial charge in [0.05, 0.1) is 25.0 Å². The van der Waals surface area contributed by atoms with Gasteiger partial charge in [0.2, 0.25) is 0 Å². The number of hydrogen-bond donors (Lipinski definition) is 2. The zero-order valence-electron chi connectivity index (χ0n) is 11.5. The van der Waals surface area contributed by atoms with Gasteiger partial charge in [-0.2, -0.15) is 0 Å². The lowest BCUT2D eigenvalue weighted by molar-refractivity contribution is 0.0870. The largest absolute Gasteiger partial charge is 0.491 e. The molecule has 0 saturated carbocycles. The Hall–Kier alpha value is -1.42. The second kappa shape index (κ2) is 7.82. The van der Waals surface area contributed by atoms with Gasteiger partial charge in [-0.15, -0.1) is 0 Å². The van der Waals surface area contributed by atoms with Crippen molar-refractivity contribution in [2.75, 3.05) is 30.8 Å². The van der Waals surface area contributed by atoms with Crippen molar-refractivity contribution >= 4 is 11.4 Å². The number of benzene rings is 1. The highest BCUT2D eigenvalue weighted by Crippen LogP contribution is 2.25. The van der Waals surface area contributed by atoms with E-state index in [1.807, 2.05) is 32.0 Å². The lowest BCUT2D eigenvalue weighted by atomic mass is 10.2. The van der Waals surface area contributed by atoms with Crippen LogP contribution < -0.4 is 15.8 Å². The molecule has 0 aliphatic heterocycles. The van der Waals surface area contributed by atoms with Crippen molar-refractivity contribution in [2.45, 2.75) is 33.3 Å². The zero-order chi connectivity index (χ0) is 13.4. The molecule has 0 spiro atoms. The van der Waals surface area contributed by atoms with Gasteiger partial charge in [0, 0.05) is 18.3 Å². The number of nitrogens with two attached hydrogens (primary N) is 1. The van der Waals surface area contributed by atoms with Gasteiger partial charge in [0.15, 0.2) is 0 Å². The quantitative estimate of drug-likeness (QED) is 0.552. The number of nitrogen functional groups attached to an aromatic ring is 1. The van der Waals surface area contributed by atoms with Crippen LogP contribution in [0, 0.1) is 0 Å². The Bertz CT molecular complexity index is 354. The maximum absolute atomic E-state index is 5.85. The van der Waals surface area contributed by atoms with Crippen LogP contribution in [0.2, 0.25) is 0 Å². The molecular formula is C14H24N2O2. The van der Waals surface area contributed by atoms with E-state index in [9.17, 15) is 0 Å². The summed E-state index contributed by atoms with van der Waals surface area (Å²) in [4.78, 5) is 0. The highest BCUT2D eigenvalue weighted by atomic mass is 16.5. The summed E-state index contributed by atoms with van der Waals surface area (Å²) in [7, 11) is 0. The fourth-order valence-electron chi connectivity index (χ4n) is 1.47. The van der Waals surface area contributed by atoms with E-state index in [2.05, 4.69) is 12.2 Å². The Labute approximate surface area is 109 Å². The second-order valence-electron chi connectivity index (χ2n) is 4.45. The van der Waals surface area contributed by atoms with Crippen LogP contribution in [-0.2, 0) is 4.74 Å². The van der Waals surface area contributed by atoms with Gasteiger partial charge in [-0.3, -0.25) is 0 Å². The van der Waals surface area contributed by atoms with E-state index < -0.39 is 0 Å². The van der Waals surface area contributed by atoms with Crippen LogP contribution in [0.1, 0.15) is 27.2 Å². The number of rotatable bonds is 8. The van der Waals surface area contributed by atoms with Crippen LogP contribution in [0.25, 0.3) is 0 Å². The lowest BCUT2D eigenvalue weighted by Gasteiger charge is -2.12. The molecule has 0 aromatic heterocycles. The standard InChI is InChI=1S/C14H24N2O2/c1-4-8-18-14-10-12(5-6-13(14)15)16-7-9-17-11(2)3/h5-6,10-11,16H,4,7-9,15H2,1-3H3. The topological polar surface area (TPSA) is 56.5 Å². The van der Waals surface area contributed by atoms with Gasteiger partial charge in [-0.05, 0) is 32.4 Å². The molecule has 1 aromatic carbocycles. The minimum absolute atomic E-state index is 0.265. The van der Waals surface area contributed by atoms with Crippen molar-refractivity contribution in [3.8, 4) is 5.75 Å². The first-order chi connectivity index (χ1) is 8.63. The third-order valence-electron chi connectivity index (χ3n) is 2.36. The average Bonchev–Trinajstić information content (AvgIpc) is 2.34. The van der Waals surface area contributed by atoms with Crippen LogP contribution in [0.5, 0.6) is 5.75 Å². The van der Waals surface area contributed by atoms with Crippen LogP contribution in [0.3, 0.4) is 0 Å². The number of nitrogens with one attached hydrogen (secondary N) is 1. The molecule has 0 atom stereocenters. The van der Waals surface area contributed by atoms with E-state index in [0.29, 0.717) is 18.9 Å². The minimum atomic E-state index is 0.265. The van der Waals surface area contributed by atoms with Crippen LogP contribution in [-0.4, -0.2) is 25.9 Å². The van der Waals surface area contributed by atoms with Gasteiger partial charge in [0.25, 0.3) is 0 Å². The Morgan fingerprint density at radius 1 is 1.28 bits per heavy atom. The van der Waals surface area contributed by atoms with Gasteiger partial charge in [-0.25, -0.2) is 0 Å². The summed E-state index contributed by atoms with van der Waals surface area (Å²) in [6, 6.07) is 5.74. The molecule has 0 amide bonds. The fourth-order valence-corrected chi connectivity index (χ4v) is 1.47. The van der Waals surface area contributed by atoms with Gasteiger partial charge >= 0.3 is 0 Å². The summed E-state index contributed by atoms with van der Waals surface area (Å²) in [5.74, 6) is 0.742. The van der Waals surface area contributed by atoms with Gasteiger partial charge < -0.3 is 20.5 Å². The summed E-state index contributed by atoms with van der Waals surface area (Å²) >= 11 is 0. The summed E-state index contributed by atoms with van der Waals surface area (Å²) in [5.41, 5.74) is 7.52. The predicted molar refractivity (Wildman–Crippen MR) is 76.2 cm³/mol. The molecule has 0 radical (unpaired) electrons. The molecule has 1 aromatic rings. The molecule has 4 heteroatoms. The van der Waals surface area contributed by atoms with Crippen LogP contribution in [0.15, 0.2) is 18.2 Å². The first-order valence-corrected chi connectivity index (χ1v) is 6.51. The normalized spacial score (nSPS) is 10.7. The molecule has 0 heterocycles. The smallest absolute Gasteiger partial charge is 0.144 e. The summed E-state index contributed by atoms with van der Waals surface area (Å²) in [5, 5.41) is 3.28. The number of ether oxygens (including phenoxy) is 2. The highest BCUT2D eigenvalue weighted by molar-refractivity contribution is 5.61. The first-order valence-electron chi connectivity index (χ1n) is 6.51. The Morgan fingerprint density at radius 3 is 2.72 bits per heavy atom. The third-order valence-corrected chi connectivity index (χ3v) is 2.36. The van der Waals surface area contributed by atoms with Crippen molar-refractivity contribution in [3.05, 3.63) is 18.2 Å². The molecule has 0 aliphatic rings. The SMILES string of the molecule is CCCOc1cc(NCCOC(C)C)ccc1N. The molecule has 0 fully saturated rings. The number of anilines is 2. The average molecular weight is 252 g/mol. The van der Waals surface area contributed by atoms with E-state index in [1.165, 1.54) is 0 Å². The van der Waals surface area contributed by atoms with E-state index in [0.717, 1.165) is 24.4 Å². The third kappa shape index (κ3) is 5.27. The van der Waals surface area contributed by atoms with E-state index in [1.54, 1.807) is 0 Å². The van der Waals surface area contributed by atoms with Crippen LogP contribution in [0.4, 0.5) is 11.4 Å². The molecule has 0 bridgehead atoms. The number of hydrogen-bond acceptors (Lipinski definition) is 4. The monoisotopic (exact) mass is 252 g/mol. The minimum Gasteiger partial charge on any atom is -0.491 e. The van der Waals surface area contributed by atoms with Crippen molar-refractivity contribution in [3.63, 3.8) is 0 Å². The molecule has 102 valence electrons. The molecule has 0 saturated heterocycles. The molecule has 18 heavy (non-hydrogen) atoms. The maximum Gasteiger partial charge on any atom is 0.144 e.